The maximum atomic E-state index is 6.30. The van der Waals surface area contributed by atoms with Crippen molar-refractivity contribution in [2.75, 3.05) is 6.54 Å². The second-order valence-corrected chi connectivity index (χ2v) is 6.98. The number of hydrogen-bond acceptors (Lipinski definition) is 2. The van der Waals surface area contributed by atoms with Crippen LogP contribution < -0.4 is 5.32 Å². The Hall–Kier alpha value is -0.600. The van der Waals surface area contributed by atoms with Crippen LogP contribution >= 0.6 is 11.6 Å². The molecular weight excluding hydrogens is 268 g/mol. The minimum Gasteiger partial charge on any atom is -0.313 e. The molecule has 4 atom stereocenters. The highest BCUT2D eigenvalue weighted by atomic mass is 35.5. The van der Waals surface area contributed by atoms with E-state index in [9.17, 15) is 0 Å². The Bertz CT molecular complexity index is 448. The van der Waals surface area contributed by atoms with Gasteiger partial charge in [-0.15, -0.1) is 0 Å². The van der Waals surface area contributed by atoms with Gasteiger partial charge in [0.15, 0.2) is 0 Å². The molecular formula is C17H25ClN2. The van der Waals surface area contributed by atoms with Gasteiger partial charge in [-0.3, -0.25) is 4.98 Å². The summed E-state index contributed by atoms with van der Waals surface area (Å²) in [6.07, 6.45) is 11.7. The van der Waals surface area contributed by atoms with Gasteiger partial charge in [-0.05, 0) is 68.0 Å². The van der Waals surface area contributed by atoms with Gasteiger partial charge >= 0.3 is 0 Å². The van der Waals surface area contributed by atoms with Gasteiger partial charge in [0.1, 0.15) is 0 Å². The molecule has 110 valence electrons. The molecule has 3 rings (SSSR count). The Morgan fingerprint density at radius 3 is 2.95 bits per heavy atom. The molecule has 2 bridgehead atoms. The zero-order chi connectivity index (χ0) is 13.9. The zero-order valence-corrected chi connectivity index (χ0v) is 13.1. The number of nitrogens with one attached hydrogen (secondary N) is 1. The Balaban J connectivity index is 1.71. The van der Waals surface area contributed by atoms with E-state index in [-0.39, 0.29) is 0 Å². The van der Waals surface area contributed by atoms with Gasteiger partial charge in [0.2, 0.25) is 0 Å². The molecule has 0 aromatic carbocycles. The number of halogens is 1. The highest BCUT2D eigenvalue weighted by Crippen LogP contribution is 2.50. The van der Waals surface area contributed by atoms with E-state index in [1.165, 1.54) is 37.7 Å². The predicted molar refractivity (Wildman–Crippen MR) is 84.0 cm³/mol. The first-order valence-corrected chi connectivity index (χ1v) is 8.47. The maximum absolute atomic E-state index is 6.30. The van der Waals surface area contributed by atoms with Crippen molar-refractivity contribution < 1.29 is 0 Å². The molecule has 20 heavy (non-hydrogen) atoms. The summed E-state index contributed by atoms with van der Waals surface area (Å²) in [5.41, 5.74) is 1.25. The SMILES string of the molecule is CCCNC(Cc1ccncc1Cl)C1CC2CCC1C2. The van der Waals surface area contributed by atoms with E-state index in [4.69, 9.17) is 11.6 Å². The van der Waals surface area contributed by atoms with Crippen LogP contribution in [0.3, 0.4) is 0 Å². The standard InChI is InChI=1S/C17H25ClN2/c1-2-6-20-17(10-14-5-7-19-11-16(14)18)15-9-12-3-4-13(15)8-12/h5,7,11-13,15,17,20H,2-4,6,8-10H2,1H3. The minimum atomic E-state index is 0.588. The first-order valence-electron chi connectivity index (χ1n) is 8.09. The van der Waals surface area contributed by atoms with Crippen LogP contribution in [-0.4, -0.2) is 17.6 Å². The smallest absolute Gasteiger partial charge is 0.0621 e. The molecule has 0 radical (unpaired) electrons. The lowest BCUT2D eigenvalue weighted by Gasteiger charge is -2.31. The number of nitrogens with zero attached hydrogens (tertiary/aromatic N) is 1. The number of rotatable bonds is 6. The minimum absolute atomic E-state index is 0.588. The van der Waals surface area contributed by atoms with E-state index in [0.29, 0.717) is 6.04 Å². The molecule has 0 amide bonds. The van der Waals surface area contributed by atoms with Crippen molar-refractivity contribution in [3.05, 3.63) is 29.0 Å². The lowest BCUT2D eigenvalue weighted by Crippen LogP contribution is -2.40. The van der Waals surface area contributed by atoms with E-state index in [1.807, 2.05) is 6.20 Å². The van der Waals surface area contributed by atoms with Crippen LogP contribution in [0, 0.1) is 17.8 Å². The highest BCUT2D eigenvalue weighted by molar-refractivity contribution is 6.31. The summed E-state index contributed by atoms with van der Waals surface area (Å²) in [5.74, 6) is 2.81. The molecule has 1 aromatic rings. The van der Waals surface area contributed by atoms with Gasteiger partial charge in [0.25, 0.3) is 0 Å². The third-order valence-corrected chi connectivity index (χ3v) is 5.60. The van der Waals surface area contributed by atoms with Gasteiger partial charge < -0.3 is 5.32 Å². The van der Waals surface area contributed by atoms with Gasteiger partial charge in [-0.2, -0.15) is 0 Å². The van der Waals surface area contributed by atoms with Crippen LogP contribution in [0.5, 0.6) is 0 Å². The average molecular weight is 293 g/mol. The molecule has 4 unspecified atom stereocenters. The van der Waals surface area contributed by atoms with E-state index in [2.05, 4.69) is 23.3 Å². The lowest BCUT2D eigenvalue weighted by molar-refractivity contribution is 0.247. The number of hydrogen-bond donors (Lipinski definition) is 1. The quantitative estimate of drug-likeness (QED) is 0.854. The van der Waals surface area contributed by atoms with E-state index >= 15 is 0 Å². The largest absolute Gasteiger partial charge is 0.313 e. The highest BCUT2D eigenvalue weighted by Gasteiger charge is 2.42. The van der Waals surface area contributed by atoms with Crippen molar-refractivity contribution in [1.29, 1.82) is 0 Å². The summed E-state index contributed by atoms with van der Waals surface area (Å²) in [6.45, 7) is 3.35. The summed E-state index contributed by atoms with van der Waals surface area (Å²) in [6, 6.07) is 2.67. The van der Waals surface area contributed by atoms with Crippen LogP contribution in [0.25, 0.3) is 0 Å². The fraction of sp³-hybridized carbons (Fsp3) is 0.706. The summed E-state index contributed by atoms with van der Waals surface area (Å²) >= 11 is 6.30. The lowest BCUT2D eigenvalue weighted by atomic mass is 9.81. The van der Waals surface area contributed by atoms with E-state index in [1.54, 1.807) is 6.20 Å². The molecule has 2 fully saturated rings. The molecule has 0 spiro atoms. The van der Waals surface area contributed by atoms with Crippen molar-refractivity contribution in [3.63, 3.8) is 0 Å². The van der Waals surface area contributed by atoms with Crippen LogP contribution in [-0.2, 0) is 6.42 Å². The fourth-order valence-corrected chi connectivity index (χ4v) is 4.49. The van der Waals surface area contributed by atoms with Gasteiger partial charge in [-0.1, -0.05) is 24.9 Å². The third-order valence-electron chi connectivity index (χ3n) is 5.26. The Morgan fingerprint density at radius 2 is 2.30 bits per heavy atom. The molecule has 2 nitrogen and oxygen atoms in total. The summed E-state index contributed by atoms with van der Waals surface area (Å²) in [5, 5.41) is 4.61. The third kappa shape index (κ3) is 3.01. The summed E-state index contributed by atoms with van der Waals surface area (Å²) in [7, 11) is 0. The van der Waals surface area contributed by atoms with Crippen LogP contribution in [0.2, 0.25) is 5.02 Å². The number of aromatic nitrogens is 1. The zero-order valence-electron chi connectivity index (χ0n) is 12.3. The second kappa shape index (κ2) is 6.44. The van der Waals surface area contributed by atoms with E-state index < -0.39 is 0 Å². The summed E-state index contributed by atoms with van der Waals surface area (Å²) < 4.78 is 0. The van der Waals surface area contributed by atoms with Gasteiger partial charge in [0, 0.05) is 18.4 Å². The Kier molecular flexibility index (Phi) is 4.62. The molecule has 0 saturated heterocycles. The Morgan fingerprint density at radius 1 is 1.40 bits per heavy atom. The molecule has 2 saturated carbocycles. The monoisotopic (exact) mass is 292 g/mol. The fourth-order valence-electron chi connectivity index (χ4n) is 4.30. The van der Waals surface area contributed by atoms with Crippen LogP contribution in [0.1, 0.15) is 44.6 Å². The van der Waals surface area contributed by atoms with Crippen LogP contribution in [0.4, 0.5) is 0 Å². The topological polar surface area (TPSA) is 24.9 Å². The molecule has 1 aromatic heterocycles. The summed E-state index contributed by atoms with van der Waals surface area (Å²) in [4.78, 5) is 4.10. The first-order chi connectivity index (χ1) is 9.78. The second-order valence-electron chi connectivity index (χ2n) is 6.57. The molecule has 1 heterocycles. The molecule has 3 heteroatoms. The normalized spacial score (nSPS) is 29.8. The van der Waals surface area contributed by atoms with Crippen molar-refractivity contribution in [1.82, 2.24) is 10.3 Å². The van der Waals surface area contributed by atoms with Crippen molar-refractivity contribution in [3.8, 4) is 0 Å². The van der Waals surface area contributed by atoms with Crippen molar-refractivity contribution in [2.45, 2.75) is 51.5 Å². The van der Waals surface area contributed by atoms with Crippen LogP contribution in [0.15, 0.2) is 18.5 Å². The van der Waals surface area contributed by atoms with E-state index in [0.717, 1.165) is 35.7 Å². The molecule has 1 N–H and O–H groups in total. The number of pyridine rings is 1. The first kappa shape index (κ1) is 14.3. The maximum Gasteiger partial charge on any atom is 0.0621 e. The van der Waals surface area contributed by atoms with Gasteiger partial charge in [0.05, 0.1) is 5.02 Å². The average Bonchev–Trinajstić information content (AvgIpc) is 3.08. The molecule has 2 aliphatic carbocycles. The van der Waals surface area contributed by atoms with Crippen molar-refractivity contribution in [2.24, 2.45) is 17.8 Å². The van der Waals surface area contributed by atoms with Crippen molar-refractivity contribution >= 4 is 11.6 Å². The Labute approximate surface area is 127 Å². The predicted octanol–water partition coefficient (Wildman–Crippen LogP) is 4.08. The molecule has 2 aliphatic rings. The molecule has 0 aliphatic heterocycles. The van der Waals surface area contributed by atoms with Gasteiger partial charge in [-0.25, -0.2) is 0 Å². The number of fused-ring (bicyclic) bond motifs is 2.